The molecule has 4 rings (SSSR count). The number of ether oxygens (including phenoxy) is 1. The molecule has 1 heterocycles. The first-order valence-corrected chi connectivity index (χ1v) is 6.54. The molecule has 15 heavy (non-hydrogen) atoms. The average Bonchev–Trinajstić information content (AvgIpc) is 2.61. The number of rotatable bonds is 0. The fourth-order valence-electron chi connectivity index (χ4n) is 5.03. The van der Waals surface area contributed by atoms with Crippen molar-refractivity contribution < 1.29 is 4.74 Å². The topological polar surface area (TPSA) is 12.5 Å². The lowest BCUT2D eigenvalue weighted by molar-refractivity contribution is 0.114. The minimum Gasteiger partial charge on any atom is -0.366 e. The summed E-state index contributed by atoms with van der Waals surface area (Å²) in [7, 11) is 0. The van der Waals surface area contributed by atoms with Crippen molar-refractivity contribution in [3.63, 3.8) is 0 Å². The van der Waals surface area contributed by atoms with Crippen LogP contribution in [0.2, 0.25) is 0 Å². The minimum absolute atomic E-state index is 0.365. The van der Waals surface area contributed by atoms with Gasteiger partial charge in [-0.05, 0) is 63.2 Å². The van der Waals surface area contributed by atoms with Crippen LogP contribution in [0.15, 0.2) is 11.6 Å². The van der Waals surface area contributed by atoms with Crippen molar-refractivity contribution in [3.8, 4) is 0 Å². The van der Waals surface area contributed by atoms with E-state index < -0.39 is 0 Å². The molecule has 1 saturated heterocycles. The highest BCUT2D eigenvalue weighted by Crippen LogP contribution is 2.68. The van der Waals surface area contributed by atoms with Crippen molar-refractivity contribution in [2.75, 3.05) is 0 Å². The molecule has 1 nitrogen and oxygen atoms in total. The van der Waals surface area contributed by atoms with Crippen LogP contribution in [0.1, 0.15) is 39.5 Å². The van der Waals surface area contributed by atoms with Crippen LogP contribution >= 0.6 is 0 Å². The summed E-state index contributed by atoms with van der Waals surface area (Å²) in [6, 6.07) is 0. The third-order valence-corrected chi connectivity index (χ3v) is 5.76. The summed E-state index contributed by atoms with van der Waals surface area (Å²) in [6.07, 6.45) is 8.64. The van der Waals surface area contributed by atoms with Crippen molar-refractivity contribution in [2.24, 2.45) is 23.7 Å². The number of allylic oxidation sites excluding steroid dienone is 2. The predicted octanol–water partition coefficient (Wildman–Crippen LogP) is 3.16. The number of hydrogen-bond acceptors (Lipinski definition) is 1. The Morgan fingerprint density at radius 1 is 1.40 bits per heavy atom. The van der Waals surface area contributed by atoms with Crippen LogP contribution < -0.4 is 0 Å². The van der Waals surface area contributed by atoms with Crippen LogP contribution in [0, 0.1) is 23.7 Å². The van der Waals surface area contributed by atoms with E-state index in [0.29, 0.717) is 11.7 Å². The van der Waals surface area contributed by atoms with E-state index in [4.69, 9.17) is 4.74 Å². The van der Waals surface area contributed by atoms with Crippen molar-refractivity contribution in [1.82, 2.24) is 0 Å². The Morgan fingerprint density at radius 3 is 2.93 bits per heavy atom. The van der Waals surface area contributed by atoms with E-state index in [1.165, 1.54) is 25.7 Å². The number of fused-ring (bicyclic) bond motifs is 6. The van der Waals surface area contributed by atoms with E-state index in [1.54, 1.807) is 5.57 Å². The number of hydrogen-bond donors (Lipinski definition) is 0. The predicted molar refractivity (Wildman–Crippen MR) is 59.5 cm³/mol. The van der Waals surface area contributed by atoms with Gasteiger partial charge in [0.05, 0.1) is 11.7 Å². The van der Waals surface area contributed by atoms with Crippen molar-refractivity contribution in [3.05, 3.63) is 11.6 Å². The second-order valence-corrected chi connectivity index (χ2v) is 6.34. The molecule has 0 aromatic carbocycles. The maximum absolute atomic E-state index is 5.96. The molecular formula is C14H20O. The molecule has 82 valence electrons. The number of epoxide rings is 1. The fraction of sp³-hybridized carbons (Fsp3) is 0.857. The van der Waals surface area contributed by atoms with Gasteiger partial charge in [0.15, 0.2) is 0 Å². The van der Waals surface area contributed by atoms with E-state index in [9.17, 15) is 0 Å². The molecule has 6 atom stereocenters. The molecule has 0 aromatic heterocycles. The summed E-state index contributed by atoms with van der Waals surface area (Å²) < 4.78 is 5.96. The fourth-order valence-corrected chi connectivity index (χ4v) is 5.03. The summed E-state index contributed by atoms with van der Waals surface area (Å²) in [5.41, 5.74) is 2.00. The first-order valence-electron chi connectivity index (χ1n) is 6.54. The SMILES string of the molecule is CC1=CC[C@@H]2[C@H]3C[C@@H]([C@@H]2C1)[C@@]1(C3)O[C@@H]1C. The Morgan fingerprint density at radius 2 is 2.20 bits per heavy atom. The van der Waals surface area contributed by atoms with E-state index >= 15 is 0 Å². The molecule has 3 aliphatic carbocycles. The van der Waals surface area contributed by atoms with Crippen molar-refractivity contribution in [1.29, 1.82) is 0 Å². The van der Waals surface area contributed by atoms with Crippen LogP contribution in [0.4, 0.5) is 0 Å². The molecule has 1 spiro atoms. The minimum atomic E-state index is 0.365. The lowest BCUT2D eigenvalue weighted by Gasteiger charge is -2.37. The van der Waals surface area contributed by atoms with Gasteiger partial charge in [0.2, 0.25) is 0 Å². The molecule has 2 saturated carbocycles. The zero-order valence-electron chi connectivity index (χ0n) is 9.70. The summed E-state index contributed by atoms with van der Waals surface area (Å²) in [4.78, 5) is 0. The first-order chi connectivity index (χ1) is 7.21. The van der Waals surface area contributed by atoms with Gasteiger partial charge in [-0.2, -0.15) is 0 Å². The monoisotopic (exact) mass is 204 g/mol. The molecule has 2 bridgehead atoms. The van der Waals surface area contributed by atoms with Gasteiger partial charge in [-0.25, -0.2) is 0 Å². The second-order valence-electron chi connectivity index (χ2n) is 6.34. The van der Waals surface area contributed by atoms with Gasteiger partial charge in [0.25, 0.3) is 0 Å². The van der Waals surface area contributed by atoms with E-state index in [0.717, 1.165) is 23.7 Å². The Labute approximate surface area is 91.9 Å². The van der Waals surface area contributed by atoms with Gasteiger partial charge in [0, 0.05) is 0 Å². The third-order valence-electron chi connectivity index (χ3n) is 5.76. The Hall–Kier alpha value is -0.300. The Kier molecular flexibility index (Phi) is 1.47. The highest BCUT2D eigenvalue weighted by Gasteiger charge is 2.70. The van der Waals surface area contributed by atoms with Crippen LogP contribution in [0.25, 0.3) is 0 Å². The zero-order valence-corrected chi connectivity index (χ0v) is 9.70. The lowest BCUT2D eigenvalue weighted by Crippen LogP contribution is -2.36. The van der Waals surface area contributed by atoms with Gasteiger partial charge in [-0.15, -0.1) is 0 Å². The summed E-state index contributed by atoms with van der Waals surface area (Å²) in [6.45, 7) is 4.59. The van der Waals surface area contributed by atoms with Gasteiger partial charge in [-0.1, -0.05) is 11.6 Å². The van der Waals surface area contributed by atoms with Crippen molar-refractivity contribution in [2.45, 2.75) is 51.2 Å². The molecule has 0 radical (unpaired) electrons. The van der Waals surface area contributed by atoms with Crippen LogP contribution in [0.5, 0.6) is 0 Å². The zero-order chi connectivity index (χ0) is 10.2. The molecule has 0 unspecified atom stereocenters. The van der Waals surface area contributed by atoms with Gasteiger partial charge in [0.1, 0.15) is 0 Å². The van der Waals surface area contributed by atoms with E-state index in [2.05, 4.69) is 19.9 Å². The molecule has 1 heteroatoms. The maximum atomic E-state index is 5.96. The maximum Gasteiger partial charge on any atom is 0.0979 e. The van der Waals surface area contributed by atoms with Crippen LogP contribution in [0.3, 0.4) is 0 Å². The molecule has 4 aliphatic rings. The van der Waals surface area contributed by atoms with Gasteiger partial charge in [-0.3, -0.25) is 0 Å². The van der Waals surface area contributed by atoms with Crippen LogP contribution in [-0.2, 0) is 4.74 Å². The molecule has 0 aromatic rings. The quantitative estimate of drug-likeness (QED) is 0.436. The lowest BCUT2D eigenvalue weighted by atomic mass is 9.67. The smallest absolute Gasteiger partial charge is 0.0979 e. The second kappa shape index (κ2) is 2.51. The standard InChI is InChI=1S/C14H20O/c1-8-3-4-11-10-6-13(12(11)5-8)14(7-10)9(2)15-14/h3,9-13H,4-7H2,1-2H3/t9-,10+,11-,12-,13+,14+/m1/s1. The summed E-state index contributed by atoms with van der Waals surface area (Å²) in [5.74, 6) is 3.89. The van der Waals surface area contributed by atoms with Gasteiger partial charge >= 0.3 is 0 Å². The van der Waals surface area contributed by atoms with Crippen molar-refractivity contribution >= 4 is 0 Å². The Bertz CT molecular complexity index is 345. The molecule has 3 fully saturated rings. The summed E-state index contributed by atoms with van der Waals surface area (Å²) in [5, 5.41) is 0. The van der Waals surface area contributed by atoms with E-state index in [1.807, 2.05) is 0 Å². The highest BCUT2D eigenvalue weighted by atomic mass is 16.6. The molecular weight excluding hydrogens is 184 g/mol. The van der Waals surface area contributed by atoms with E-state index in [-0.39, 0.29) is 0 Å². The molecule has 0 amide bonds. The normalized spacial score (nSPS) is 60.7. The Balaban J connectivity index is 1.68. The molecule has 0 N–H and O–H groups in total. The average molecular weight is 204 g/mol. The molecule has 1 aliphatic heterocycles. The third kappa shape index (κ3) is 0.939. The van der Waals surface area contributed by atoms with Gasteiger partial charge < -0.3 is 4.74 Å². The first kappa shape index (κ1) is 8.81. The van der Waals surface area contributed by atoms with Crippen LogP contribution in [-0.4, -0.2) is 11.7 Å². The highest BCUT2D eigenvalue weighted by molar-refractivity contribution is 5.22. The summed E-state index contributed by atoms with van der Waals surface area (Å²) >= 11 is 0. The largest absolute Gasteiger partial charge is 0.366 e.